The molecule has 0 fully saturated rings. The fraction of sp³-hybridized carbons (Fsp3) is 0.167. The van der Waals surface area contributed by atoms with Crippen LogP contribution in [0.1, 0.15) is 5.69 Å². The number of hydrogen-bond acceptors (Lipinski definition) is 1. The lowest BCUT2D eigenvalue weighted by molar-refractivity contribution is 1.01. The highest BCUT2D eigenvalue weighted by atomic mass is 15.1. The largest absolute Gasteiger partial charge is 0.285 e. The van der Waals surface area contributed by atoms with E-state index in [2.05, 4.69) is 16.8 Å². The minimum Gasteiger partial charge on any atom is -0.285 e. The van der Waals surface area contributed by atoms with E-state index in [1.165, 1.54) is 0 Å². The fourth-order valence-corrected chi connectivity index (χ4v) is 0.552. The summed E-state index contributed by atoms with van der Waals surface area (Å²) in [5.74, 6) is 0. The highest BCUT2D eigenvalue weighted by molar-refractivity contribution is 5.01. The number of hydrogen-bond donors (Lipinski definition) is 1. The van der Waals surface area contributed by atoms with E-state index in [1.807, 2.05) is 12.1 Å². The van der Waals surface area contributed by atoms with E-state index in [-0.39, 0.29) is 0 Å². The van der Waals surface area contributed by atoms with Crippen LogP contribution in [0.15, 0.2) is 24.9 Å². The molecule has 0 amide bonds. The van der Waals surface area contributed by atoms with E-state index in [9.17, 15) is 0 Å². The number of nitrogens with zero attached hydrogens (tertiary/aromatic N) is 1. The molecule has 1 N–H and O–H groups in total. The van der Waals surface area contributed by atoms with E-state index < -0.39 is 0 Å². The van der Waals surface area contributed by atoms with Gasteiger partial charge in [-0.25, -0.2) is 0 Å². The first-order valence-electron chi connectivity index (χ1n) is 2.53. The first-order chi connectivity index (χ1) is 3.93. The Morgan fingerprint density at radius 1 is 1.88 bits per heavy atom. The van der Waals surface area contributed by atoms with Gasteiger partial charge in [-0.3, -0.25) is 5.10 Å². The SMILES string of the molecule is C=CCc1cc[nH]n1. The molecule has 1 rings (SSSR count). The maximum Gasteiger partial charge on any atom is 0.0659 e. The summed E-state index contributed by atoms with van der Waals surface area (Å²) in [4.78, 5) is 0. The van der Waals surface area contributed by atoms with Crippen molar-refractivity contribution in [1.82, 2.24) is 10.2 Å². The number of allylic oxidation sites excluding steroid dienone is 1. The molecule has 0 aromatic carbocycles. The number of aromatic nitrogens is 2. The minimum atomic E-state index is 0.851. The monoisotopic (exact) mass is 108 g/mol. The predicted molar refractivity (Wildman–Crippen MR) is 32.5 cm³/mol. The zero-order valence-corrected chi connectivity index (χ0v) is 4.59. The Labute approximate surface area is 48.2 Å². The molecule has 1 aromatic heterocycles. The molecule has 8 heavy (non-hydrogen) atoms. The molecule has 0 aliphatic heterocycles. The van der Waals surface area contributed by atoms with E-state index in [0.29, 0.717) is 0 Å². The highest BCUT2D eigenvalue weighted by Gasteiger charge is 1.85. The molecule has 1 aromatic rings. The molecular formula is C6H8N2. The van der Waals surface area contributed by atoms with Gasteiger partial charge in [0.2, 0.25) is 0 Å². The van der Waals surface area contributed by atoms with Crippen LogP contribution < -0.4 is 0 Å². The van der Waals surface area contributed by atoms with Gasteiger partial charge in [-0.05, 0) is 6.07 Å². The second-order valence-corrected chi connectivity index (χ2v) is 1.56. The topological polar surface area (TPSA) is 28.7 Å². The summed E-state index contributed by atoms with van der Waals surface area (Å²) in [5.41, 5.74) is 1.04. The van der Waals surface area contributed by atoms with Crippen molar-refractivity contribution in [2.24, 2.45) is 0 Å². The van der Waals surface area contributed by atoms with Crippen LogP contribution >= 0.6 is 0 Å². The molecule has 0 spiro atoms. The van der Waals surface area contributed by atoms with E-state index in [0.717, 1.165) is 12.1 Å². The van der Waals surface area contributed by atoms with Crippen LogP contribution in [0.5, 0.6) is 0 Å². The van der Waals surface area contributed by atoms with Gasteiger partial charge >= 0.3 is 0 Å². The van der Waals surface area contributed by atoms with Gasteiger partial charge < -0.3 is 0 Å². The number of H-pyrrole nitrogens is 1. The van der Waals surface area contributed by atoms with Crippen LogP contribution in [0.4, 0.5) is 0 Å². The molecule has 0 aliphatic carbocycles. The molecule has 0 bridgehead atoms. The van der Waals surface area contributed by atoms with E-state index in [4.69, 9.17) is 0 Å². The summed E-state index contributed by atoms with van der Waals surface area (Å²) in [7, 11) is 0. The Balaban J connectivity index is 2.62. The molecule has 2 nitrogen and oxygen atoms in total. The number of aromatic amines is 1. The summed E-state index contributed by atoms with van der Waals surface area (Å²) >= 11 is 0. The molecule has 0 unspecified atom stereocenters. The summed E-state index contributed by atoms with van der Waals surface area (Å²) in [6.45, 7) is 3.58. The molecule has 0 saturated heterocycles. The lowest BCUT2D eigenvalue weighted by Crippen LogP contribution is -1.77. The normalized spacial score (nSPS) is 9.00. The molecular weight excluding hydrogens is 100 g/mol. The first-order valence-corrected chi connectivity index (χ1v) is 2.53. The van der Waals surface area contributed by atoms with Crippen molar-refractivity contribution in [2.45, 2.75) is 6.42 Å². The molecule has 2 heteroatoms. The Kier molecular flexibility index (Phi) is 1.47. The van der Waals surface area contributed by atoms with Crippen LogP contribution in [0.2, 0.25) is 0 Å². The fourth-order valence-electron chi connectivity index (χ4n) is 0.552. The van der Waals surface area contributed by atoms with Crippen LogP contribution in [0.25, 0.3) is 0 Å². The second kappa shape index (κ2) is 2.31. The van der Waals surface area contributed by atoms with Crippen molar-refractivity contribution in [3.05, 3.63) is 30.6 Å². The Morgan fingerprint density at radius 2 is 2.75 bits per heavy atom. The smallest absolute Gasteiger partial charge is 0.0659 e. The second-order valence-electron chi connectivity index (χ2n) is 1.56. The van der Waals surface area contributed by atoms with E-state index >= 15 is 0 Å². The van der Waals surface area contributed by atoms with Crippen LogP contribution in [-0.4, -0.2) is 10.2 Å². The molecule has 0 atom stereocenters. The van der Waals surface area contributed by atoms with Crippen molar-refractivity contribution in [2.75, 3.05) is 0 Å². The van der Waals surface area contributed by atoms with Crippen molar-refractivity contribution in [3.8, 4) is 0 Å². The predicted octanol–water partition coefficient (Wildman–Crippen LogP) is 1.14. The van der Waals surface area contributed by atoms with Gasteiger partial charge in [0, 0.05) is 12.6 Å². The third-order valence-electron chi connectivity index (χ3n) is 0.912. The Hall–Kier alpha value is -1.05. The van der Waals surface area contributed by atoms with Crippen molar-refractivity contribution < 1.29 is 0 Å². The van der Waals surface area contributed by atoms with Gasteiger partial charge in [0.05, 0.1) is 5.69 Å². The van der Waals surface area contributed by atoms with Crippen LogP contribution in [0.3, 0.4) is 0 Å². The quantitative estimate of drug-likeness (QED) is 0.565. The molecule has 0 radical (unpaired) electrons. The minimum absolute atomic E-state index is 0.851. The van der Waals surface area contributed by atoms with Gasteiger partial charge in [-0.1, -0.05) is 6.08 Å². The maximum atomic E-state index is 3.91. The van der Waals surface area contributed by atoms with Gasteiger partial charge in [-0.15, -0.1) is 6.58 Å². The molecule has 0 saturated carbocycles. The summed E-state index contributed by atoms with van der Waals surface area (Å²) in [6, 6.07) is 1.93. The standard InChI is InChI=1S/C6H8N2/c1-2-3-6-4-5-7-8-6/h2,4-5H,1,3H2,(H,7,8). The van der Waals surface area contributed by atoms with Gasteiger partial charge in [0.25, 0.3) is 0 Å². The lowest BCUT2D eigenvalue weighted by atomic mass is 10.3. The summed E-state index contributed by atoms with van der Waals surface area (Å²) < 4.78 is 0. The van der Waals surface area contributed by atoms with Crippen LogP contribution in [-0.2, 0) is 6.42 Å². The summed E-state index contributed by atoms with van der Waals surface area (Å²) in [5, 5.41) is 6.63. The summed E-state index contributed by atoms with van der Waals surface area (Å²) in [6.07, 6.45) is 4.48. The Morgan fingerprint density at radius 3 is 3.25 bits per heavy atom. The third-order valence-corrected chi connectivity index (χ3v) is 0.912. The molecule has 42 valence electrons. The lowest BCUT2D eigenvalue weighted by Gasteiger charge is -1.79. The third kappa shape index (κ3) is 0.964. The average Bonchev–Trinajstić information content (AvgIpc) is 2.19. The zero-order chi connectivity index (χ0) is 5.82. The zero-order valence-electron chi connectivity index (χ0n) is 4.59. The number of nitrogens with one attached hydrogen (secondary N) is 1. The van der Waals surface area contributed by atoms with Gasteiger partial charge in [0.1, 0.15) is 0 Å². The Bertz CT molecular complexity index is 153. The van der Waals surface area contributed by atoms with E-state index in [1.54, 1.807) is 6.20 Å². The molecule has 0 aliphatic rings. The van der Waals surface area contributed by atoms with Crippen molar-refractivity contribution in [1.29, 1.82) is 0 Å². The average molecular weight is 108 g/mol. The van der Waals surface area contributed by atoms with Gasteiger partial charge in [0.15, 0.2) is 0 Å². The van der Waals surface area contributed by atoms with Crippen molar-refractivity contribution in [3.63, 3.8) is 0 Å². The number of rotatable bonds is 2. The maximum absolute atomic E-state index is 3.91. The molecule has 1 heterocycles. The van der Waals surface area contributed by atoms with Crippen molar-refractivity contribution >= 4 is 0 Å². The van der Waals surface area contributed by atoms with Gasteiger partial charge in [-0.2, -0.15) is 5.10 Å². The highest BCUT2D eigenvalue weighted by Crippen LogP contribution is 1.91. The first kappa shape index (κ1) is 5.09. The van der Waals surface area contributed by atoms with Crippen LogP contribution in [0, 0.1) is 0 Å².